The quantitative estimate of drug-likeness (QED) is 0.0485. The molecule has 258 valence electrons. The van der Waals surface area contributed by atoms with Crippen LogP contribution in [0.3, 0.4) is 0 Å². The predicted octanol–water partition coefficient (Wildman–Crippen LogP) is 9.36. The van der Waals surface area contributed by atoms with E-state index in [2.05, 4.69) is 36.9 Å². The Morgan fingerprint density at radius 3 is 2.27 bits per heavy atom. The van der Waals surface area contributed by atoms with E-state index in [1.807, 2.05) is 60.7 Å². The van der Waals surface area contributed by atoms with Gasteiger partial charge in [0.05, 0.1) is 10.6 Å². The number of nitrogens with one attached hydrogen (secondary N) is 3. The molecule has 3 amide bonds. The topological polar surface area (TPSA) is 143 Å². The highest BCUT2D eigenvalue weighted by molar-refractivity contribution is 9.10. The third kappa shape index (κ3) is 9.46. The zero-order valence-electron chi connectivity index (χ0n) is 27.1. The van der Waals surface area contributed by atoms with Gasteiger partial charge in [-0.1, -0.05) is 94.8 Å². The van der Waals surface area contributed by atoms with Crippen molar-refractivity contribution in [2.45, 2.75) is 10.1 Å². The number of nitrogens with zero attached hydrogens (tertiary/aromatic N) is 2. The van der Waals surface area contributed by atoms with Crippen molar-refractivity contribution in [3.05, 3.63) is 176 Å². The monoisotopic (exact) mass is 789 g/mol. The molecule has 0 bridgehead atoms. The van der Waals surface area contributed by atoms with Gasteiger partial charge in [0.2, 0.25) is 5.91 Å². The van der Waals surface area contributed by atoms with Crippen LogP contribution >= 0.6 is 39.0 Å². The molecule has 1 unspecified atom stereocenters. The van der Waals surface area contributed by atoms with E-state index in [4.69, 9.17) is 0 Å². The maximum absolute atomic E-state index is 13.8. The van der Waals surface area contributed by atoms with Crippen LogP contribution in [0, 0.1) is 10.1 Å². The maximum atomic E-state index is 13.8. The summed E-state index contributed by atoms with van der Waals surface area (Å²) in [5.74, 6) is -1.29. The second-order valence-electron chi connectivity index (χ2n) is 11.2. The summed E-state index contributed by atoms with van der Waals surface area (Å²) in [6.07, 6.45) is 1.60. The molecule has 13 heteroatoms. The van der Waals surface area contributed by atoms with Gasteiger partial charge < -0.3 is 16.0 Å². The van der Waals surface area contributed by atoms with Crippen LogP contribution < -0.4 is 16.0 Å². The molecule has 0 fully saturated rings. The van der Waals surface area contributed by atoms with Crippen molar-refractivity contribution in [3.8, 4) is 11.3 Å². The molecule has 1 atom stereocenters. The molecule has 0 aliphatic heterocycles. The molecule has 0 aliphatic rings. The Hall–Kier alpha value is -5.89. The molecular formula is C39H28BrN5O5S2. The van der Waals surface area contributed by atoms with Gasteiger partial charge in [-0.3, -0.25) is 24.5 Å². The van der Waals surface area contributed by atoms with E-state index in [0.717, 1.165) is 10.0 Å². The molecule has 0 radical (unpaired) electrons. The van der Waals surface area contributed by atoms with Crippen LogP contribution in [0.4, 0.5) is 16.5 Å². The molecule has 10 nitrogen and oxygen atoms in total. The lowest BCUT2D eigenvalue weighted by Crippen LogP contribution is -2.30. The fourth-order valence-corrected chi connectivity index (χ4v) is 7.03. The lowest BCUT2D eigenvalue weighted by Gasteiger charge is -2.17. The molecule has 52 heavy (non-hydrogen) atoms. The molecule has 6 rings (SSSR count). The minimum absolute atomic E-state index is 0.0451. The van der Waals surface area contributed by atoms with Crippen LogP contribution in [0.25, 0.3) is 17.3 Å². The first kappa shape index (κ1) is 35.9. The van der Waals surface area contributed by atoms with Gasteiger partial charge in [-0.2, -0.15) is 0 Å². The number of nitro groups is 1. The van der Waals surface area contributed by atoms with Gasteiger partial charge in [0.25, 0.3) is 17.5 Å². The van der Waals surface area contributed by atoms with E-state index in [1.54, 1.807) is 72.1 Å². The molecule has 0 aliphatic carbocycles. The van der Waals surface area contributed by atoms with Gasteiger partial charge in [-0.15, -0.1) is 23.1 Å². The van der Waals surface area contributed by atoms with Gasteiger partial charge in [0, 0.05) is 43.7 Å². The zero-order valence-corrected chi connectivity index (χ0v) is 30.3. The Balaban J connectivity index is 1.20. The predicted molar refractivity (Wildman–Crippen MR) is 209 cm³/mol. The largest absolute Gasteiger partial charge is 0.321 e. The standard InChI is InChI=1S/C39H28BrN5O5S2/c40-29-19-17-25(18-20-29)21-33(42-36(46)27-11-5-2-6-12-27)37(47)41-30-14-8-16-32(23-30)52-35(26-9-3-1-4-10-26)38(48)44-39-43-34(24-51-39)28-13-7-15-31(22-28)45(49)50/h1-24,35H,(H,41,47)(H,42,46)(H,43,44,48)/b33-21-. The molecule has 5 aromatic carbocycles. The number of thioether (sulfide) groups is 1. The first-order valence-electron chi connectivity index (χ1n) is 15.7. The number of amides is 3. The second-order valence-corrected chi connectivity index (χ2v) is 14.1. The van der Waals surface area contributed by atoms with E-state index in [0.29, 0.717) is 38.1 Å². The number of nitro benzene ring substituents is 1. The Bertz CT molecular complexity index is 2260. The molecule has 1 heterocycles. The fourth-order valence-electron chi connectivity index (χ4n) is 4.96. The number of hydrogen-bond acceptors (Lipinski definition) is 8. The van der Waals surface area contributed by atoms with E-state index >= 15 is 0 Å². The summed E-state index contributed by atoms with van der Waals surface area (Å²) in [5, 5.41) is 21.2. The number of aromatic nitrogens is 1. The van der Waals surface area contributed by atoms with Crippen LogP contribution in [0.15, 0.2) is 154 Å². The summed E-state index contributed by atoms with van der Waals surface area (Å²) in [6.45, 7) is 0. The maximum Gasteiger partial charge on any atom is 0.272 e. The van der Waals surface area contributed by atoms with E-state index in [9.17, 15) is 24.5 Å². The SMILES string of the molecule is O=C(Nc1cccc(SC(C(=O)Nc2nc(-c3cccc([N+](=O)[O-])c3)cs2)c2ccccc2)c1)/C(=C/c1ccc(Br)cc1)NC(=O)c1ccccc1. The highest BCUT2D eigenvalue weighted by atomic mass is 79.9. The Morgan fingerprint density at radius 1 is 0.827 bits per heavy atom. The molecule has 1 aromatic heterocycles. The van der Waals surface area contributed by atoms with Crippen molar-refractivity contribution >= 4 is 79.3 Å². The first-order valence-corrected chi connectivity index (χ1v) is 18.2. The summed E-state index contributed by atoms with van der Waals surface area (Å²) < 4.78 is 0.873. The highest BCUT2D eigenvalue weighted by Gasteiger charge is 2.24. The van der Waals surface area contributed by atoms with Crippen molar-refractivity contribution in [1.29, 1.82) is 0 Å². The average Bonchev–Trinajstić information content (AvgIpc) is 3.63. The van der Waals surface area contributed by atoms with Crippen molar-refractivity contribution in [2.24, 2.45) is 0 Å². The van der Waals surface area contributed by atoms with Gasteiger partial charge in [-0.25, -0.2) is 4.98 Å². The average molecular weight is 791 g/mol. The Labute approximate surface area is 315 Å². The van der Waals surface area contributed by atoms with Gasteiger partial charge in [-0.05, 0) is 59.7 Å². The number of non-ortho nitro benzene ring substituents is 1. The van der Waals surface area contributed by atoms with Gasteiger partial charge >= 0.3 is 0 Å². The number of hydrogen-bond donors (Lipinski definition) is 3. The van der Waals surface area contributed by atoms with Crippen molar-refractivity contribution in [1.82, 2.24) is 10.3 Å². The van der Waals surface area contributed by atoms with Crippen molar-refractivity contribution in [2.75, 3.05) is 10.6 Å². The number of thiazole rings is 1. The number of carbonyl (C=O) groups is 3. The number of benzene rings is 5. The third-order valence-electron chi connectivity index (χ3n) is 7.48. The Kier molecular flexibility index (Phi) is 11.7. The Morgan fingerprint density at radius 2 is 1.54 bits per heavy atom. The fraction of sp³-hybridized carbons (Fsp3) is 0.0256. The molecular weight excluding hydrogens is 762 g/mol. The normalized spacial score (nSPS) is 11.7. The lowest BCUT2D eigenvalue weighted by atomic mass is 10.1. The third-order valence-corrected chi connectivity index (χ3v) is 10.0. The van der Waals surface area contributed by atoms with Crippen LogP contribution in [-0.2, 0) is 9.59 Å². The summed E-state index contributed by atoms with van der Waals surface area (Å²) in [5.41, 5.74) is 3.38. The minimum atomic E-state index is -0.699. The van der Waals surface area contributed by atoms with E-state index in [1.165, 1.54) is 35.2 Å². The van der Waals surface area contributed by atoms with Crippen LogP contribution in [-0.4, -0.2) is 27.6 Å². The minimum Gasteiger partial charge on any atom is -0.321 e. The summed E-state index contributed by atoms with van der Waals surface area (Å²) >= 11 is 5.92. The summed E-state index contributed by atoms with van der Waals surface area (Å²) in [6, 6.07) is 38.4. The molecule has 3 N–H and O–H groups in total. The summed E-state index contributed by atoms with van der Waals surface area (Å²) in [7, 11) is 0. The lowest BCUT2D eigenvalue weighted by molar-refractivity contribution is -0.384. The van der Waals surface area contributed by atoms with Crippen LogP contribution in [0.2, 0.25) is 0 Å². The zero-order chi connectivity index (χ0) is 36.5. The van der Waals surface area contributed by atoms with Crippen molar-refractivity contribution < 1.29 is 19.3 Å². The highest BCUT2D eigenvalue weighted by Crippen LogP contribution is 2.38. The number of anilines is 2. The second kappa shape index (κ2) is 16.9. The smallest absolute Gasteiger partial charge is 0.272 e. The number of rotatable bonds is 12. The van der Waals surface area contributed by atoms with E-state index in [-0.39, 0.29) is 17.3 Å². The molecule has 0 spiro atoms. The van der Waals surface area contributed by atoms with Gasteiger partial charge in [0.15, 0.2) is 5.13 Å². The molecule has 0 saturated carbocycles. The van der Waals surface area contributed by atoms with Gasteiger partial charge in [0.1, 0.15) is 10.9 Å². The molecule has 6 aromatic rings. The van der Waals surface area contributed by atoms with Crippen molar-refractivity contribution in [3.63, 3.8) is 0 Å². The van der Waals surface area contributed by atoms with Crippen LogP contribution in [0.5, 0.6) is 0 Å². The first-order chi connectivity index (χ1) is 25.2. The summed E-state index contributed by atoms with van der Waals surface area (Å²) in [4.78, 5) is 56.5. The molecule has 0 saturated heterocycles. The number of carbonyl (C=O) groups excluding carboxylic acids is 3. The van der Waals surface area contributed by atoms with E-state index < -0.39 is 22.0 Å². The van der Waals surface area contributed by atoms with Crippen LogP contribution in [0.1, 0.15) is 26.7 Å². The number of halogens is 1.